The molecule has 160 valence electrons. The van der Waals surface area contributed by atoms with Gasteiger partial charge in [-0.2, -0.15) is 0 Å². The van der Waals surface area contributed by atoms with Gasteiger partial charge in [0.05, 0.1) is 17.7 Å². The van der Waals surface area contributed by atoms with E-state index in [4.69, 9.17) is 21.3 Å². The fourth-order valence-corrected chi connectivity index (χ4v) is 4.05. The molecule has 0 spiro atoms. The average molecular weight is 446 g/mol. The Morgan fingerprint density at radius 1 is 1.10 bits per heavy atom. The maximum atomic E-state index is 6.02. The van der Waals surface area contributed by atoms with Crippen LogP contribution in [-0.4, -0.2) is 30.3 Å². The molecule has 1 aliphatic heterocycles. The van der Waals surface area contributed by atoms with Crippen LogP contribution in [0.15, 0.2) is 54.6 Å². The van der Waals surface area contributed by atoms with Crippen molar-refractivity contribution in [3.63, 3.8) is 0 Å². The molecule has 0 unspecified atom stereocenters. The Balaban J connectivity index is 0.00000256. The summed E-state index contributed by atoms with van der Waals surface area (Å²) in [5.41, 5.74) is 3.44. The number of benzene rings is 2. The topological polar surface area (TPSA) is 37.4 Å². The van der Waals surface area contributed by atoms with Crippen LogP contribution in [0.25, 0.3) is 10.9 Å². The number of halogens is 2. The molecule has 0 saturated carbocycles. The number of aromatic nitrogens is 1. The average Bonchev–Trinajstić information content (AvgIpc) is 2.73. The van der Waals surface area contributed by atoms with Crippen LogP contribution >= 0.6 is 24.0 Å². The van der Waals surface area contributed by atoms with Crippen LogP contribution in [0.4, 0.5) is 11.5 Å². The van der Waals surface area contributed by atoms with Crippen molar-refractivity contribution in [2.75, 3.05) is 23.3 Å². The van der Waals surface area contributed by atoms with Crippen LogP contribution in [0.5, 0.6) is 0 Å². The molecule has 1 fully saturated rings. The lowest BCUT2D eigenvalue weighted by Gasteiger charge is -2.35. The van der Waals surface area contributed by atoms with Crippen molar-refractivity contribution in [2.24, 2.45) is 0 Å². The van der Waals surface area contributed by atoms with Crippen LogP contribution in [0, 0.1) is 0 Å². The Morgan fingerprint density at radius 2 is 1.80 bits per heavy atom. The summed E-state index contributed by atoms with van der Waals surface area (Å²) in [5.74, 6) is 0.897. The van der Waals surface area contributed by atoms with E-state index in [0.29, 0.717) is 12.6 Å². The molecule has 4 nitrogen and oxygen atoms in total. The third kappa shape index (κ3) is 5.57. The summed E-state index contributed by atoms with van der Waals surface area (Å²) >= 11 is 5.99. The van der Waals surface area contributed by atoms with Gasteiger partial charge in [-0.15, -0.1) is 12.4 Å². The normalized spacial score (nSPS) is 14.7. The molecule has 0 amide bonds. The zero-order valence-electron chi connectivity index (χ0n) is 17.5. The summed E-state index contributed by atoms with van der Waals surface area (Å²) in [7, 11) is 0. The van der Waals surface area contributed by atoms with Crippen molar-refractivity contribution in [2.45, 2.75) is 45.4 Å². The van der Waals surface area contributed by atoms with Crippen molar-refractivity contribution in [1.82, 2.24) is 4.98 Å². The largest absolute Gasteiger partial charge is 0.375 e. The number of rotatable bonds is 6. The molecule has 1 N–H and O–H groups in total. The van der Waals surface area contributed by atoms with E-state index in [1.807, 2.05) is 30.3 Å². The van der Waals surface area contributed by atoms with Gasteiger partial charge in [-0.05, 0) is 50.5 Å². The maximum Gasteiger partial charge on any atom is 0.129 e. The molecule has 30 heavy (non-hydrogen) atoms. The molecule has 0 bridgehead atoms. The van der Waals surface area contributed by atoms with E-state index in [9.17, 15) is 0 Å². The van der Waals surface area contributed by atoms with E-state index in [1.54, 1.807) is 0 Å². The van der Waals surface area contributed by atoms with E-state index in [-0.39, 0.29) is 18.5 Å². The second kappa shape index (κ2) is 10.3. The van der Waals surface area contributed by atoms with Crippen LogP contribution < -0.4 is 10.2 Å². The number of nitrogens with one attached hydrogen (secondary N) is 1. The summed E-state index contributed by atoms with van der Waals surface area (Å²) in [6.45, 7) is 6.94. The Morgan fingerprint density at radius 3 is 2.50 bits per heavy atom. The zero-order valence-corrected chi connectivity index (χ0v) is 19.0. The number of nitrogens with zero attached hydrogens (tertiary/aromatic N) is 2. The Hall–Kier alpha value is -2.01. The van der Waals surface area contributed by atoms with Gasteiger partial charge < -0.3 is 15.0 Å². The fraction of sp³-hybridized carbons (Fsp3) is 0.375. The molecule has 1 aliphatic rings. The quantitative estimate of drug-likeness (QED) is 0.481. The molecule has 0 aliphatic carbocycles. The number of anilines is 2. The first-order valence-electron chi connectivity index (χ1n) is 10.4. The molecule has 0 radical (unpaired) electrons. The highest BCUT2D eigenvalue weighted by Crippen LogP contribution is 2.31. The molecule has 3 aromatic rings. The third-order valence-corrected chi connectivity index (χ3v) is 5.58. The van der Waals surface area contributed by atoms with Gasteiger partial charge in [0.2, 0.25) is 0 Å². The van der Waals surface area contributed by atoms with E-state index in [2.05, 4.69) is 48.3 Å². The first kappa shape index (κ1) is 22.7. The van der Waals surface area contributed by atoms with Gasteiger partial charge in [-0.1, -0.05) is 41.9 Å². The van der Waals surface area contributed by atoms with Crippen molar-refractivity contribution >= 4 is 46.4 Å². The minimum Gasteiger partial charge on any atom is -0.375 e. The molecule has 1 aromatic heterocycles. The summed E-state index contributed by atoms with van der Waals surface area (Å²) in [6, 6.07) is 18.5. The van der Waals surface area contributed by atoms with Gasteiger partial charge in [-0.3, -0.25) is 0 Å². The van der Waals surface area contributed by atoms with Gasteiger partial charge in [-0.25, -0.2) is 4.98 Å². The highest BCUT2D eigenvalue weighted by Gasteiger charge is 2.22. The van der Waals surface area contributed by atoms with Crippen molar-refractivity contribution in [3.8, 4) is 0 Å². The molecule has 1 saturated heterocycles. The van der Waals surface area contributed by atoms with Crippen LogP contribution in [-0.2, 0) is 11.3 Å². The molecule has 0 atom stereocenters. The van der Waals surface area contributed by atoms with Crippen LogP contribution in [0.2, 0.25) is 5.02 Å². The van der Waals surface area contributed by atoms with E-state index in [1.165, 1.54) is 16.6 Å². The maximum absolute atomic E-state index is 6.02. The Labute approximate surface area is 190 Å². The number of hydrogen-bond acceptors (Lipinski definition) is 4. The lowest BCUT2D eigenvalue weighted by atomic mass is 10.0. The molecule has 2 heterocycles. The molecule has 4 rings (SSSR count). The minimum absolute atomic E-state index is 0. The standard InChI is InChI=1S/C24H28ClN3O.ClH/c1-17(2)29-20-11-13-28(14-12-20)23-15-24(27-22-6-4-3-5-21(22)23)26-16-18-7-9-19(25)10-8-18;/h3-10,15,17,20H,11-14,16H2,1-2H3,(H,26,27);1H. The predicted molar refractivity (Wildman–Crippen MR) is 129 cm³/mol. The summed E-state index contributed by atoms with van der Waals surface area (Å²) in [6.07, 6.45) is 2.77. The van der Waals surface area contributed by atoms with Crippen LogP contribution in [0.3, 0.4) is 0 Å². The Bertz CT molecular complexity index is 954. The number of piperidine rings is 1. The van der Waals surface area contributed by atoms with Crippen molar-refractivity contribution < 1.29 is 4.74 Å². The van der Waals surface area contributed by atoms with Gasteiger partial charge >= 0.3 is 0 Å². The molecular formula is C24H29Cl2N3O. The number of ether oxygens (including phenoxy) is 1. The first-order valence-corrected chi connectivity index (χ1v) is 10.7. The van der Waals surface area contributed by atoms with Gasteiger partial charge in [0.1, 0.15) is 5.82 Å². The highest BCUT2D eigenvalue weighted by molar-refractivity contribution is 6.30. The molecular weight excluding hydrogens is 417 g/mol. The lowest BCUT2D eigenvalue weighted by Crippen LogP contribution is -2.38. The third-order valence-electron chi connectivity index (χ3n) is 5.33. The number of hydrogen-bond donors (Lipinski definition) is 1. The van der Waals surface area contributed by atoms with Gasteiger partial charge in [0.25, 0.3) is 0 Å². The predicted octanol–water partition coefficient (Wildman–Crippen LogP) is 6.32. The zero-order chi connectivity index (χ0) is 20.2. The van der Waals surface area contributed by atoms with E-state index >= 15 is 0 Å². The van der Waals surface area contributed by atoms with Crippen LogP contribution in [0.1, 0.15) is 32.3 Å². The smallest absolute Gasteiger partial charge is 0.129 e. The lowest BCUT2D eigenvalue weighted by molar-refractivity contribution is -0.00476. The number of fused-ring (bicyclic) bond motifs is 1. The highest BCUT2D eigenvalue weighted by atomic mass is 35.5. The van der Waals surface area contributed by atoms with E-state index in [0.717, 1.165) is 42.3 Å². The summed E-state index contributed by atoms with van der Waals surface area (Å²) < 4.78 is 6.02. The fourth-order valence-electron chi connectivity index (χ4n) is 3.92. The monoisotopic (exact) mass is 445 g/mol. The SMILES string of the molecule is CC(C)OC1CCN(c2cc(NCc3ccc(Cl)cc3)nc3ccccc23)CC1.Cl. The number of para-hydroxylation sites is 1. The molecule has 2 aromatic carbocycles. The van der Waals surface area contributed by atoms with Gasteiger partial charge in [0.15, 0.2) is 0 Å². The van der Waals surface area contributed by atoms with Crippen molar-refractivity contribution in [3.05, 3.63) is 65.2 Å². The second-order valence-corrected chi connectivity index (χ2v) is 8.33. The second-order valence-electron chi connectivity index (χ2n) is 7.90. The summed E-state index contributed by atoms with van der Waals surface area (Å²) in [4.78, 5) is 7.30. The minimum atomic E-state index is 0. The first-order chi connectivity index (χ1) is 14.1. The molecule has 6 heteroatoms. The van der Waals surface area contributed by atoms with E-state index < -0.39 is 0 Å². The Kier molecular flexibility index (Phi) is 7.81. The summed E-state index contributed by atoms with van der Waals surface area (Å²) in [5, 5.41) is 5.44. The van der Waals surface area contributed by atoms with Gasteiger partial charge in [0, 0.05) is 41.8 Å². The van der Waals surface area contributed by atoms with Crippen molar-refractivity contribution in [1.29, 1.82) is 0 Å². The number of pyridine rings is 1.